The molecule has 0 aliphatic heterocycles. The van der Waals surface area contributed by atoms with Crippen molar-refractivity contribution in [1.29, 1.82) is 0 Å². The van der Waals surface area contributed by atoms with Crippen LogP contribution in [0.15, 0.2) is 28.6 Å². The third kappa shape index (κ3) is 6.15. The first-order valence-electron chi connectivity index (χ1n) is 8.15. The van der Waals surface area contributed by atoms with Crippen molar-refractivity contribution in [1.82, 2.24) is 14.9 Å². The van der Waals surface area contributed by atoms with Gasteiger partial charge in [0, 0.05) is 5.92 Å². The minimum Gasteiger partial charge on any atom is -0.497 e. The van der Waals surface area contributed by atoms with Crippen LogP contribution in [0.5, 0.6) is 11.5 Å². The van der Waals surface area contributed by atoms with Gasteiger partial charge in [-0.2, -0.15) is 0 Å². The fraction of sp³-hybridized carbons (Fsp3) is 0.438. The number of anilines is 1. The molecule has 0 fully saturated rings. The number of ether oxygens (including phenoxy) is 2. The summed E-state index contributed by atoms with van der Waals surface area (Å²) in [5.41, 5.74) is 0. The van der Waals surface area contributed by atoms with Gasteiger partial charge in [-0.3, -0.25) is 4.79 Å². The predicted octanol–water partition coefficient (Wildman–Crippen LogP) is 1.89. The second-order valence-electron chi connectivity index (χ2n) is 6.03. The molecule has 11 heteroatoms. The molecule has 2 rings (SSSR count). The minimum atomic E-state index is -3.87. The number of rotatable bonds is 9. The van der Waals surface area contributed by atoms with E-state index in [0.29, 0.717) is 11.5 Å². The molecule has 1 aromatic carbocycles. The number of methoxy groups -OCH3 is 1. The average Bonchev–Trinajstić information content (AvgIpc) is 3.09. The lowest BCUT2D eigenvalue weighted by atomic mass is 10.2. The van der Waals surface area contributed by atoms with Gasteiger partial charge in [0.25, 0.3) is 10.0 Å². The molecule has 148 valence electrons. The summed E-state index contributed by atoms with van der Waals surface area (Å²) in [6.45, 7) is 5.24. The monoisotopic (exact) mass is 414 g/mol. The van der Waals surface area contributed by atoms with Gasteiger partial charge >= 0.3 is 0 Å². The number of hydrogen-bond donors (Lipinski definition) is 2. The molecule has 0 spiro atoms. The van der Waals surface area contributed by atoms with Gasteiger partial charge in [0.05, 0.1) is 13.2 Å². The Hall–Kier alpha value is -2.24. The number of hydrogen-bond acceptors (Lipinski definition) is 8. The van der Waals surface area contributed by atoms with E-state index in [0.717, 1.165) is 11.3 Å². The van der Waals surface area contributed by atoms with Crippen LogP contribution in [0.25, 0.3) is 0 Å². The van der Waals surface area contributed by atoms with Gasteiger partial charge in [-0.25, -0.2) is 13.1 Å². The van der Waals surface area contributed by atoms with Crippen LogP contribution in [0, 0.1) is 5.92 Å². The highest BCUT2D eigenvalue weighted by molar-refractivity contribution is 7.91. The molecule has 27 heavy (non-hydrogen) atoms. The Morgan fingerprint density at radius 3 is 2.37 bits per heavy atom. The van der Waals surface area contributed by atoms with Gasteiger partial charge in [0.1, 0.15) is 18.1 Å². The highest BCUT2D eigenvalue weighted by atomic mass is 32.2. The number of carbonyl (C=O) groups is 1. The summed E-state index contributed by atoms with van der Waals surface area (Å²) in [4.78, 5) is 11.6. The summed E-state index contributed by atoms with van der Waals surface area (Å²) in [6.07, 6.45) is 0. The molecule has 1 heterocycles. The maximum Gasteiger partial charge on any atom is 0.270 e. The minimum absolute atomic E-state index is 0.126. The molecule has 0 radical (unpaired) electrons. The Kier molecular flexibility index (Phi) is 7.11. The molecular weight excluding hydrogens is 392 g/mol. The summed E-state index contributed by atoms with van der Waals surface area (Å²) >= 11 is 0.787. The molecule has 0 aliphatic rings. The maximum atomic E-state index is 12.4. The number of aromatic nitrogens is 2. The lowest BCUT2D eigenvalue weighted by Gasteiger charge is -2.14. The number of sulfonamides is 1. The van der Waals surface area contributed by atoms with Crippen molar-refractivity contribution < 1.29 is 22.7 Å². The fourth-order valence-electron chi connectivity index (χ4n) is 1.86. The lowest BCUT2D eigenvalue weighted by molar-refractivity contribution is -0.118. The van der Waals surface area contributed by atoms with E-state index in [9.17, 15) is 13.2 Å². The van der Waals surface area contributed by atoms with Gasteiger partial charge in [-0.15, -0.1) is 10.2 Å². The van der Waals surface area contributed by atoms with Gasteiger partial charge in [-0.1, -0.05) is 25.2 Å². The molecule has 0 bridgehead atoms. The highest BCUT2D eigenvalue weighted by Gasteiger charge is 2.23. The largest absolute Gasteiger partial charge is 0.497 e. The zero-order valence-electron chi connectivity index (χ0n) is 15.4. The van der Waals surface area contributed by atoms with Crippen molar-refractivity contribution in [2.45, 2.75) is 31.2 Å². The average molecular weight is 415 g/mol. The molecule has 1 amide bonds. The van der Waals surface area contributed by atoms with Gasteiger partial charge in [0.15, 0.2) is 0 Å². The van der Waals surface area contributed by atoms with Crippen LogP contribution in [0.3, 0.4) is 0 Å². The van der Waals surface area contributed by atoms with Crippen molar-refractivity contribution in [3.8, 4) is 11.5 Å². The van der Waals surface area contributed by atoms with Crippen LogP contribution in [0.2, 0.25) is 0 Å². The van der Waals surface area contributed by atoms with E-state index in [1.165, 1.54) is 0 Å². The Morgan fingerprint density at radius 1 is 1.15 bits per heavy atom. The van der Waals surface area contributed by atoms with E-state index in [2.05, 4.69) is 20.2 Å². The number of amides is 1. The number of nitrogens with one attached hydrogen (secondary N) is 2. The SMILES string of the molecule is COc1ccc(OC[C@H](C)NS(=O)(=O)c2nnc(NC(=O)C(C)C)s2)cc1. The molecule has 0 unspecified atom stereocenters. The van der Waals surface area contributed by atoms with E-state index in [-0.39, 0.29) is 27.9 Å². The normalized spacial score (nSPS) is 12.6. The van der Waals surface area contributed by atoms with Crippen LogP contribution in [-0.4, -0.2) is 44.3 Å². The van der Waals surface area contributed by atoms with Gasteiger partial charge in [-0.05, 0) is 31.2 Å². The van der Waals surface area contributed by atoms with Crippen molar-refractivity contribution in [3.05, 3.63) is 24.3 Å². The summed E-state index contributed by atoms with van der Waals surface area (Å²) < 4.78 is 37.6. The van der Waals surface area contributed by atoms with Crippen LogP contribution in [0.4, 0.5) is 5.13 Å². The lowest BCUT2D eigenvalue weighted by Crippen LogP contribution is -2.36. The molecule has 1 aromatic heterocycles. The van der Waals surface area contributed by atoms with Crippen molar-refractivity contribution in [2.75, 3.05) is 19.0 Å². The third-order valence-corrected chi connectivity index (χ3v) is 6.10. The summed E-state index contributed by atoms with van der Waals surface area (Å²) in [7, 11) is -2.30. The van der Waals surface area contributed by atoms with Crippen molar-refractivity contribution >= 4 is 32.4 Å². The van der Waals surface area contributed by atoms with E-state index >= 15 is 0 Å². The topological polar surface area (TPSA) is 120 Å². The van der Waals surface area contributed by atoms with Crippen LogP contribution in [-0.2, 0) is 14.8 Å². The Morgan fingerprint density at radius 2 is 1.78 bits per heavy atom. The first-order valence-corrected chi connectivity index (χ1v) is 10.4. The first kappa shape index (κ1) is 21.1. The fourth-order valence-corrected chi connectivity index (χ4v) is 4.01. The molecule has 0 saturated carbocycles. The second kappa shape index (κ2) is 9.11. The number of carbonyl (C=O) groups excluding carboxylic acids is 1. The molecule has 2 N–H and O–H groups in total. The Balaban J connectivity index is 1.92. The zero-order chi connectivity index (χ0) is 20.0. The summed E-state index contributed by atoms with van der Waals surface area (Å²) in [5, 5.41) is 9.99. The molecule has 2 aromatic rings. The summed E-state index contributed by atoms with van der Waals surface area (Å²) in [6, 6.07) is 6.45. The molecule has 0 saturated heterocycles. The Labute approximate surface area is 162 Å². The van der Waals surface area contributed by atoms with E-state index < -0.39 is 16.1 Å². The Bertz CT molecular complexity index is 865. The van der Waals surface area contributed by atoms with Gasteiger partial charge < -0.3 is 14.8 Å². The predicted molar refractivity (Wildman–Crippen MR) is 102 cm³/mol. The molecular formula is C16H22N4O5S2. The van der Waals surface area contributed by atoms with Crippen LogP contribution >= 0.6 is 11.3 Å². The quantitative estimate of drug-likeness (QED) is 0.601. The highest BCUT2D eigenvalue weighted by Crippen LogP contribution is 2.21. The molecule has 1 atom stereocenters. The standard InChI is InChI=1S/C16H22N4O5S2/c1-10(2)14(21)17-15-18-19-16(26-15)27(22,23)20-11(3)9-25-13-7-5-12(24-4)6-8-13/h5-8,10-11,20H,9H2,1-4H3,(H,17,18,21)/t11-/m0/s1. The smallest absolute Gasteiger partial charge is 0.270 e. The first-order chi connectivity index (χ1) is 12.7. The third-order valence-electron chi connectivity index (χ3n) is 3.31. The van der Waals surface area contributed by atoms with Crippen molar-refractivity contribution in [2.24, 2.45) is 5.92 Å². The molecule has 9 nitrogen and oxygen atoms in total. The van der Waals surface area contributed by atoms with E-state index in [1.807, 2.05) is 0 Å². The van der Waals surface area contributed by atoms with Gasteiger partial charge in [0.2, 0.25) is 15.4 Å². The summed E-state index contributed by atoms with van der Waals surface area (Å²) in [5.74, 6) is 0.788. The van der Waals surface area contributed by atoms with Crippen molar-refractivity contribution in [3.63, 3.8) is 0 Å². The zero-order valence-corrected chi connectivity index (χ0v) is 17.1. The van der Waals surface area contributed by atoms with E-state index in [1.54, 1.807) is 52.1 Å². The van der Waals surface area contributed by atoms with E-state index in [4.69, 9.17) is 9.47 Å². The van der Waals surface area contributed by atoms with Crippen LogP contribution < -0.4 is 19.5 Å². The second-order valence-corrected chi connectivity index (χ2v) is 8.89. The maximum absolute atomic E-state index is 12.4. The number of benzene rings is 1. The van der Waals surface area contributed by atoms with Crippen LogP contribution in [0.1, 0.15) is 20.8 Å². The molecule has 0 aliphatic carbocycles. The number of nitrogens with zero attached hydrogens (tertiary/aromatic N) is 2.